The molecule has 2 aromatic heterocycles. The molecule has 1 fully saturated rings. The van der Waals surface area contributed by atoms with E-state index in [1.807, 2.05) is 49.1 Å². The highest BCUT2D eigenvalue weighted by molar-refractivity contribution is 7.16. The van der Waals surface area contributed by atoms with Crippen molar-refractivity contribution in [2.24, 2.45) is 0 Å². The molecule has 4 rings (SSSR count). The Hall–Kier alpha value is -2.54. The number of fused-ring (bicyclic) bond motifs is 1. The molecule has 1 saturated heterocycles. The van der Waals surface area contributed by atoms with Gasteiger partial charge in [-0.05, 0) is 24.3 Å². The fourth-order valence-corrected chi connectivity index (χ4v) is 4.53. The number of carbonyl (C=O) groups excluding carboxylic acids is 1. The normalized spacial score (nSPS) is 17.1. The predicted octanol–water partition coefficient (Wildman–Crippen LogP) is 3.18. The molecule has 140 valence electrons. The molecule has 1 aromatic carbocycles. The summed E-state index contributed by atoms with van der Waals surface area (Å²) in [5.41, 5.74) is 1.63. The van der Waals surface area contributed by atoms with Crippen LogP contribution in [0.2, 0.25) is 0 Å². The molecule has 7 heteroatoms. The Morgan fingerprint density at radius 3 is 2.81 bits per heavy atom. The van der Waals surface area contributed by atoms with Crippen molar-refractivity contribution in [1.29, 1.82) is 0 Å². The van der Waals surface area contributed by atoms with Crippen LogP contribution in [0, 0.1) is 0 Å². The summed E-state index contributed by atoms with van der Waals surface area (Å²) in [4.78, 5) is 32.3. The first-order valence-electron chi connectivity index (χ1n) is 9.27. The molecule has 27 heavy (non-hydrogen) atoms. The predicted molar refractivity (Wildman–Crippen MR) is 105 cm³/mol. The van der Waals surface area contributed by atoms with Gasteiger partial charge < -0.3 is 4.90 Å². The van der Waals surface area contributed by atoms with Crippen molar-refractivity contribution >= 4 is 22.2 Å². The van der Waals surface area contributed by atoms with Gasteiger partial charge in [0.1, 0.15) is 5.01 Å². The van der Waals surface area contributed by atoms with Crippen LogP contribution in [0.25, 0.3) is 4.96 Å². The van der Waals surface area contributed by atoms with E-state index in [1.165, 1.54) is 15.9 Å². The number of amides is 1. The van der Waals surface area contributed by atoms with Crippen LogP contribution in [-0.4, -0.2) is 31.9 Å². The molecule has 1 aliphatic heterocycles. The van der Waals surface area contributed by atoms with Crippen LogP contribution in [0.3, 0.4) is 0 Å². The third kappa shape index (κ3) is 3.51. The third-order valence-electron chi connectivity index (χ3n) is 4.93. The fraction of sp³-hybridized carbons (Fsp3) is 0.400. The fourth-order valence-electron chi connectivity index (χ4n) is 3.47. The molecule has 0 spiro atoms. The average molecular weight is 382 g/mol. The van der Waals surface area contributed by atoms with E-state index in [0.717, 1.165) is 35.7 Å². The van der Waals surface area contributed by atoms with Gasteiger partial charge in [-0.3, -0.25) is 9.59 Å². The molecule has 1 aliphatic rings. The van der Waals surface area contributed by atoms with Crippen molar-refractivity contribution in [3.05, 3.63) is 63.0 Å². The molecule has 1 unspecified atom stereocenters. The zero-order valence-electron chi connectivity index (χ0n) is 15.5. The second-order valence-corrected chi connectivity index (χ2v) is 8.20. The van der Waals surface area contributed by atoms with E-state index >= 15 is 0 Å². The van der Waals surface area contributed by atoms with Crippen molar-refractivity contribution in [2.75, 3.05) is 6.54 Å². The molecular weight excluding hydrogens is 360 g/mol. The minimum Gasteiger partial charge on any atom is -0.333 e. The Kier molecular flexibility index (Phi) is 4.78. The lowest BCUT2D eigenvalue weighted by Crippen LogP contribution is -2.32. The summed E-state index contributed by atoms with van der Waals surface area (Å²) in [6.07, 6.45) is 2.20. The summed E-state index contributed by atoms with van der Waals surface area (Å²) >= 11 is 1.41. The molecule has 0 saturated carbocycles. The Bertz CT molecular complexity index is 1030. The quantitative estimate of drug-likeness (QED) is 0.695. The summed E-state index contributed by atoms with van der Waals surface area (Å²) < 4.78 is 1.37. The monoisotopic (exact) mass is 382 g/mol. The van der Waals surface area contributed by atoms with Crippen molar-refractivity contribution in [2.45, 2.75) is 45.1 Å². The molecule has 1 atom stereocenters. The number of aromatic nitrogens is 3. The molecule has 3 heterocycles. The Balaban J connectivity index is 1.62. The van der Waals surface area contributed by atoms with Gasteiger partial charge in [-0.1, -0.05) is 55.5 Å². The summed E-state index contributed by atoms with van der Waals surface area (Å²) in [6.45, 7) is 4.76. The Morgan fingerprint density at radius 2 is 2.07 bits per heavy atom. The van der Waals surface area contributed by atoms with E-state index in [-0.39, 0.29) is 23.4 Å². The molecule has 3 aromatic rings. The molecule has 1 amide bonds. The largest absolute Gasteiger partial charge is 0.333 e. The Morgan fingerprint density at radius 1 is 1.30 bits per heavy atom. The van der Waals surface area contributed by atoms with Gasteiger partial charge in [-0.2, -0.15) is 9.61 Å². The summed E-state index contributed by atoms with van der Waals surface area (Å²) in [6, 6.07) is 11.3. The van der Waals surface area contributed by atoms with Gasteiger partial charge in [0.05, 0.1) is 18.2 Å². The number of carbonyl (C=O) groups is 1. The minimum absolute atomic E-state index is 0.0742. The summed E-state index contributed by atoms with van der Waals surface area (Å²) in [5, 5.41) is 5.29. The maximum Gasteiger partial charge on any atom is 0.275 e. The summed E-state index contributed by atoms with van der Waals surface area (Å²) in [7, 11) is 0. The smallest absolute Gasteiger partial charge is 0.275 e. The lowest BCUT2D eigenvalue weighted by atomic mass is 10.1. The van der Waals surface area contributed by atoms with Crippen LogP contribution in [0.1, 0.15) is 54.9 Å². The number of benzene rings is 1. The van der Waals surface area contributed by atoms with E-state index in [0.29, 0.717) is 11.4 Å². The Labute approximate surface area is 161 Å². The first-order chi connectivity index (χ1) is 13.0. The second-order valence-electron chi connectivity index (χ2n) is 7.22. The van der Waals surface area contributed by atoms with Gasteiger partial charge in [0.2, 0.25) is 10.9 Å². The maximum absolute atomic E-state index is 12.8. The zero-order chi connectivity index (χ0) is 19.0. The first kappa shape index (κ1) is 17.9. The van der Waals surface area contributed by atoms with Crippen LogP contribution in [0.5, 0.6) is 0 Å². The highest BCUT2D eigenvalue weighted by Gasteiger charge is 2.32. The van der Waals surface area contributed by atoms with E-state index in [1.54, 1.807) is 6.07 Å². The van der Waals surface area contributed by atoms with Crippen LogP contribution in [-0.2, 0) is 11.2 Å². The van der Waals surface area contributed by atoms with Crippen LogP contribution >= 0.6 is 11.3 Å². The van der Waals surface area contributed by atoms with Crippen LogP contribution in [0.15, 0.2) is 41.2 Å². The van der Waals surface area contributed by atoms with E-state index in [4.69, 9.17) is 0 Å². The topological polar surface area (TPSA) is 67.6 Å². The molecule has 0 aliphatic carbocycles. The number of hydrogen-bond acceptors (Lipinski definition) is 5. The van der Waals surface area contributed by atoms with E-state index in [9.17, 15) is 9.59 Å². The number of nitrogens with zero attached hydrogens (tertiary/aromatic N) is 4. The van der Waals surface area contributed by atoms with Gasteiger partial charge in [-0.25, -0.2) is 4.98 Å². The van der Waals surface area contributed by atoms with Crippen molar-refractivity contribution in [3.63, 3.8) is 0 Å². The van der Waals surface area contributed by atoms with Crippen LogP contribution < -0.4 is 5.56 Å². The van der Waals surface area contributed by atoms with Crippen LogP contribution in [0.4, 0.5) is 0 Å². The summed E-state index contributed by atoms with van der Waals surface area (Å²) in [5.74, 6) is 0.287. The molecule has 0 N–H and O–H groups in total. The molecule has 0 bridgehead atoms. The van der Waals surface area contributed by atoms with Gasteiger partial charge in [0.15, 0.2) is 0 Å². The van der Waals surface area contributed by atoms with Crippen molar-refractivity contribution in [1.82, 2.24) is 19.5 Å². The van der Waals surface area contributed by atoms with Gasteiger partial charge in [0.25, 0.3) is 5.56 Å². The standard InChI is InChI=1S/C20H22N4O2S/c1-13(2)15-12-18(26)24-20(21-15)27-19(22-24)16-9-6-10-23(16)17(25)11-14-7-4-3-5-8-14/h3-5,7-8,12-13,16H,6,9-11H2,1-2H3. The van der Waals surface area contributed by atoms with E-state index < -0.39 is 0 Å². The number of rotatable bonds is 4. The maximum atomic E-state index is 12.8. The highest BCUT2D eigenvalue weighted by Crippen LogP contribution is 2.34. The van der Waals surface area contributed by atoms with E-state index in [2.05, 4.69) is 10.1 Å². The second kappa shape index (κ2) is 7.23. The number of likely N-dealkylation sites (tertiary alicyclic amines) is 1. The molecular formula is C20H22N4O2S. The van der Waals surface area contributed by atoms with Crippen molar-refractivity contribution in [3.8, 4) is 0 Å². The first-order valence-corrected chi connectivity index (χ1v) is 10.1. The zero-order valence-corrected chi connectivity index (χ0v) is 16.3. The average Bonchev–Trinajstić information content (AvgIpc) is 3.29. The molecule has 0 radical (unpaired) electrons. The van der Waals surface area contributed by atoms with Gasteiger partial charge in [0, 0.05) is 12.6 Å². The van der Waals surface area contributed by atoms with Crippen molar-refractivity contribution < 1.29 is 4.79 Å². The third-order valence-corrected chi connectivity index (χ3v) is 5.94. The molecule has 6 nitrogen and oxygen atoms in total. The van der Waals surface area contributed by atoms with Gasteiger partial charge >= 0.3 is 0 Å². The SMILES string of the molecule is CC(C)c1cc(=O)n2nc(C3CCCN3C(=O)Cc3ccccc3)sc2n1. The minimum atomic E-state index is -0.161. The highest BCUT2D eigenvalue weighted by atomic mass is 32.1. The lowest BCUT2D eigenvalue weighted by molar-refractivity contribution is -0.131. The lowest BCUT2D eigenvalue weighted by Gasteiger charge is -2.22. The number of hydrogen-bond donors (Lipinski definition) is 0. The van der Waals surface area contributed by atoms with Gasteiger partial charge in [-0.15, -0.1) is 0 Å².